The molecule has 6 heteroatoms. The molecule has 0 aliphatic rings. The Balaban J connectivity index is 3.40. The van der Waals surface area contributed by atoms with Gasteiger partial charge in [0.25, 0.3) is 5.69 Å². The lowest BCUT2D eigenvalue weighted by atomic mass is 9.97. The molecule has 0 unspecified atom stereocenters. The number of carbonyl (C=O) groups is 1. The summed E-state index contributed by atoms with van der Waals surface area (Å²) >= 11 is 0. The minimum atomic E-state index is -1.40. The fraction of sp³-hybridized carbons (Fsp3) is 0.500. The molecule has 110 valence electrons. The maximum atomic E-state index is 11.3. The first-order valence-electron chi connectivity index (χ1n) is 6.69. The summed E-state index contributed by atoms with van der Waals surface area (Å²) in [6, 6.07) is 3.88. The first-order valence-corrected chi connectivity index (χ1v) is 10.4. The summed E-state index contributed by atoms with van der Waals surface area (Å²) < 4.78 is 0. The van der Waals surface area contributed by atoms with Crippen LogP contribution in [0.5, 0.6) is 0 Å². The van der Waals surface area contributed by atoms with Gasteiger partial charge in [-0.25, -0.2) is 4.79 Å². The van der Waals surface area contributed by atoms with Crippen molar-refractivity contribution in [1.29, 1.82) is 0 Å². The average Bonchev–Trinajstić information content (AvgIpc) is 2.33. The van der Waals surface area contributed by atoms with Gasteiger partial charge in [-0.3, -0.25) is 10.1 Å². The van der Waals surface area contributed by atoms with Crippen molar-refractivity contribution in [2.75, 3.05) is 0 Å². The Morgan fingerprint density at radius 3 is 2.35 bits per heavy atom. The summed E-state index contributed by atoms with van der Waals surface area (Å²) in [6.07, 6.45) is 0.984. The van der Waals surface area contributed by atoms with Crippen LogP contribution in [0.15, 0.2) is 12.1 Å². The van der Waals surface area contributed by atoms with Crippen molar-refractivity contribution in [2.24, 2.45) is 0 Å². The molecule has 0 saturated heterocycles. The number of rotatable bonds is 6. The minimum Gasteiger partial charge on any atom is -0.478 e. The molecule has 0 aromatic heterocycles. The second-order valence-corrected chi connectivity index (χ2v) is 11.7. The van der Waals surface area contributed by atoms with E-state index in [1.54, 1.807) is 6.07 Å². The molecule has 1 aromatic carbocycles. The van der Waals surface area contributed by atoms with Gasteiger partial charge in [-0.1, -0.05) is 38.7 Å². The molecule has 5 nitrogen and oxygen atoms in total. The molecule has 0 saturated carbocycles. The lowest BCUT2D eigenvalue weighted by Gasteiger charge is -2.17. The van der Waals surface area contributed by atoms with E-state index in [1.165, 1.54) is 6.07 Å². The standard InChI is InChI=1S/C14H21NO4Si/c1-5-10-6-7-12(14(16)17)11(13(10)15(18)19)8-9-20(2,3)4/h6-7H,5,8-9H2,1-4H3,(H,16,17). The first-order chi connectivity index (χ1) is 9.17. The quantitative estimate of drug-likeness (QED) is 0.492. The second-order valence-electron chi connectivity index (χ2n) is 6.08. The van der Waals surface area contributed by atoms with Gasteiger partial charge in [-0.05, 0) is 18.9 Å². The largest absolute Gasteiger partial charge is 0.478 e. The Labute approximate surface area is 119 Å². The zero-order valence-corrected chi connectivity index (χ0v) is 13.4. The third-order valence-electron chi connectivity index (χ3n) is 3.29. The van der Waals surface area contributed by atoms with E-state index >= 15 is 0 Å². The number of carboxylic acids is 1. The molecular weight excluding hydrogens is 274 g/mol. The van der Waals surface area contributed by atoms with Crippen LogP contribution in [0.4, 0.5) is 5.69 Å². The Kier molecular flexibility index (Phi) is 5.05. The summed E-state index contributed by atoms with van der Waals surface area (Å²) in [4.78, 5) is 22.2. The molecule has 20 heavy (non-hydrogen) atoms. The maximum Gasteiger partial charge on any atom is 0.336 e. The summed E-state index contributed by atoms with van der Waals surface area (Å²) in [5.74, 6) is -1.10. The van der Waals surface area contributed by atoms with Crippen molar-refractivity contribution in [2.45, 2.75) is 45.5 Å². The number of carboxylic acid groups (broad SMARTS) is 1. The third-order valence-corrected chi connectivity index (χ3v) is 5.04. The molecule has 1 rings (SSSR count). The van der Waals surface area contributed by atoms with Crippen molar-refractivity contribution in [3.05, 3.63) is 38.9 Å². The van der Waals surface area contributed by atoms with Gasteiger partial charge in [0.1, 0.15) is 0 Å². The van der Waals surface area contributed by atoms with Crippen LogP contribution in [0.1, 0.15) is 28.4 Å². The lowest BCUT2D eigenvalue weighted by Crippen LogP contribution is -2.21. The predicted molar refractivity (Wildman–Crippen MR) is 81.3 cm³/mol. The number of benzene rings is 1. The van der Waals surface area contributed by atoms with Gasteiger partial charge in [0.2, 0.25) is 0 Å². The Bertz CT molecular complexity index is 535. The number of hydrogen-bond acceptors (Lipinski definition) is 3. The van der Waals surface area contributed by atoms with Gasteiger partial charge < -0.3 is 5.11 Å². The number of aryl methyl sites for hydroxylation is 1. The molecule has 1 N–H and O–H groups in total. The SMILES string of the molecule is CCc1ccc(C(=O)O)c(CC[Si](C)(C)C)c1[N+](=O)[O-]. The van der Waals surface area contributed by atoms with Gasteiger partial charge in [0, 0.05) is 19.2 Å². The summed E-state index contributed by atoms with van der Waals surface area (Å²) in [6.45, 7) is 8.35. The number of aromatic carboxylic acids is 1. The molecule has 0 atom stereocenters. The number of nitro groups is 1. The Hall–Kier alpha value is -1.69. The highest BCUT2D eigenvalue weighted by atomic mass is 28.3. The fourth-order valence-corrected chi connectivity index (χ4v) is 3.15. The molecular formula is C14H21NO4Si. The van der Waals surface area contributed by atoms with Crippen LogP contribution in [-0.4, -0.2) is 24.1 Å². The van der Waals surface area contributed by atoms with Gasteiger partial charge >= 0.3 is 5.97 Å². The van der Waals surface area contributed by atoms with E-state index in [0.717, 1.165) is 6.04 Å². The van der Waals surface area contributed by atoms with E-state index in [0.29, 0.717) is 24.0 Å². The molecule has 1 aromatic rings. The predicted octanol–water partition coefficient (Wildman–Crippen LogP) is 3.74. The third kappa shape index (κ3) is 3.90. The number of nitrogens with zero attached hydrogens (tertiary/aromatic N) is 1. The average molecular weight is 295 g/mol. The van der Waals surface area contributed by atoms with Crippen molar-refractivity contribution < 1.29 is 14.8 Å². The second kappa shape index (κ2) is 6.17. The van der Waals surface area contributed by atoms with Gasteiger partial charge in [-0.15, -0.1) is 0 Å². The van der Waals surface area contributed by atoms with Crippen molar-refractivity contribution in [3.8, 4) is 0 Å². The first kappa shape index (κ1) is 16.4. The minimum absolute atomic E-state index is 0.00866. The molecule has 0 radical (unpaired) electrons. The van der Waals surface area contributed by atoms with E-state index in [9.17, 15) is 20.0 Å². The Morgan fingerprint density at radius 2 is 1.95 bits per heavy atom. The van der Waals surface area contributed by atoms with E-state index in [4.69, 9.17) is 0 Å². The zero-order valence-electron chi connectivity index (χ0n) is 12.4. The van der Waals surface area contributed by atoms with Gasteiger partial charge in [-0.2, -0.15) is 0 Å². The summed E-state index contributed by atoms with van der Waals surface area (Å²) in [5, 5.41) is 20.6. The molecule has 0 bridgehead atoms. The van der Waals surface area contributed by atoms with Crippen LogP contribution in [-0.2, 0) is 12.8 Å². The van der Waals surface area contributed by atoms with E-state index in [2.05, 4.69) is 19.6 Å². The van der Waals surface area contributed by atoms with Crippen LogP contribution in [0.25, 0.3) is 0 Å². The topological polar surface area (TPSA) is 80.4 Å². The highest BCUT2D eigenvalue weighted by molar-refractivity contribution is 6.76. The van der Waals surface area contributed by atoms with Crippen LogP contribution in [0.2, 0.25) is 25.7 Å². The summed E-state index contributed by atoms with van der Waals surface area (Å²) in [7, 11) is -1.40. The number of nitro benzene ring substituents is 1. The highest BCUT2D eigenvalue weighted by Crippen LogP contribution is 2.30. The van der Waals surface area contributed by atoms with Gasteiger partial charge in [0.05, 0.1) is 10.5 Å². The van der Waals surface area contributed by atoms with E-state index < -0.39 is 19.0 Å². The van der Waals surface area contributed by atoms with Crippen LogP contribution >= 0.6 is 0 Å². The lowest BCUT2D eigenvalue weighted by molar-refractivity contribution is -0.386. The molecule has 0 fully saturated rings. The van der Waals surface area contributed by atoms with Crippen LogP contribution < -0.4 is 0 Å². The number of hydrogen-bond donors (Lipinski definition) is 1. The molecule has 0 aliphatic carbocycles. The zero-order chi connectivity index (χ0) is 15.5. The smallest absolute Gasteiger partial charge is 0.336 e. The summed E-state index contributed by atoms with van der Waals surface area (Å²) in [5.41, 5.74) is 1.03. The fourth-order valence-electron chi connectivity index (χ4n) is 2.15. The molecule has 0 heterocycles. The highest BCUT2D eigenvalue weighted by Gasteiger charge is 2.26. The molecule has 0 amide bonds. The van der Waals surface area contributed by atoms with Crippen LogP contribution in [0.3, 0.4) is 0 Å². The Morgan fingerprint density at radius 1 is 1.35 bits per heavy atom. The van der Waals surface area contributed by atoms with Crippen molar-refractivity contribution in [3.63, 3.8) is 0 Å². The normalized spacial score (nSPS) is 11.4. The molecule has 0 aliphatic heterocycles. The van der Waals surface area contributed by atoms with E-state index in [-0.39, 0.29) is 11.3 Å². The van der Waals surface area contributed by atoms with Crippen molar-refractivity contribution in [1.82, 2.24) is 0 Å². The monoisotopic (exact) mass is 295 g/mol. The van der Waals surface area contributed by atoms with Crippen LogP contribution in [0, 0.1) is 10.1 Å². The van der Waals surface area contributed by atoms with Gasteiger partial charge in [0.15, 0.2) is 0 Å². The molecule has 0 spiro atoms. The maximum absolute atomic E-state index is 11.3. The van der Waals surface area contributed by atoms with E-state index in [1.807, 2.05) is 6.92 Å². The van der Waals surface area contributed by atoms with Crippen molar-refractivity contribution >= 4 is 19.7 Å².